The third-order valence-electron chi connectivity index (χ3n) is 7.31. The molecule has 2 heterocycles. The number of aldehydes is 2. The van der Waals surface area contributed by atoms with Gasteiger partial charge in [-0.1, -0.05) is 95.4 Å². The molecule has 0 amide bonds. The normalized spacial score (nSPS) is 14.0. The van der Waals surface area contributed by atoms with Crippen molar-refractivity contribution in [2.24, 2.45) is 7.05 Å². The first-order valence-electron chi connectivity index (χ1n) is 13.1. The second-order valence-corrected chi connectivity index (χ2v) is 12.4. The van der Waals surface area contributed by atoms with Gasteiger partial charge in [-0.15, -0.1) is 0 Å². The fourth-order valence-electron chi connectivity index (χ4n) is 5.19. The summed E-state index contributed by atoms with van der Waals surface area (Å²) >= 11 is 9.62. The summed E-state index contributed by atoms with van der Waals surface area (Å²) in [6.45, 7) is 0. The number of aromatic nitrogens is 1. The van der Waals surface area contributed by atoms with Crippen molar-refractivity contribution < 1.29 is 14.2 Å². The molecule has 1 unspecified atom stereocenters. The highest BCUT2D eigenvalue weighted by Gasteiger charge is 2.29. The Morgan fingerprint density at radius 1 is 0.829 bits per heavy atom. The van der Waals surface area contributed by atoms with Crippen LogP contribution in [0.5, 0.6) is 0 Å². The summed E-state index contributed by atoms with van der Waals surface area (Å²) in [5.41, 5.74) is 6.18. The Bertz CT molecular complexity index is 1920. The Hall–Kier alpha value is -3.97. The minimum absolute atomic E-state index is 0.239. The molecule has 0 spiro atoms. The first-order chi connectivity index (χ1) is 20.0. The van der Waals surface area contributed by atoms with Crippen LogP contribution in [0.2, 0.25) is 5.02 Å². The van der Waals surface area contributed by atoms with Crippen molar-refractivity contribution in [2.75, 3.05) is 11.9 Å². The second-order valence-electron chi connectivity index (χ2n) is 9.77. The van der Waals surface area contributed by atoms with Gasteiger partial charge in [0, 0.05) is 34.2 Å². The molecule has 41 heavy (non-hydrogen) atoms. The molecule has 0 fully saturated rings. The molecule has 1 aliphatic heterocycles. The van der Waals surface area contributed by atoms with Crippen LogP contribution in [-0.2, 0) is 7.05 Å². The fourth-order valence-corrected chi connectivity index (χ4v) is 7.82. The number of aryl methyl sites for hydroxylation is 1. The number of thioether (sulfide) groups is 1. The number of thiazole rings is 1. The van der Waals surface area contributed by atoms with E-state index in [1.165, 1.54) is 20.8 Å². The van der Waals surface area contributed by atoms with Gasteiger partial charge in [0.05, 0.1) is 11.3 Å². The van der Waals surface area contributed by atoms with Crippen LogP contribution in [-0.4, -0.2) is 19.6 Å². The molecule has 1 atom stereocenters. The highest BCUT2D eigenvalue weighted by atomic mass is 35.5. The number of carbonyl (C=O) groups is 2. The Balaban J connectivity index is 0.000000149. The van der Waals surface area contributed by atoms with Gasteiger partial charge in [0.15, 0.2) is 6.29 Å². The number of nitrogens with zero attached hydrogens (tertiary/aromatic N) is 2. The van der Waals surface area contributed by atoms with E-state index >= 15 is 0 Å². The summed E-state index contributed by atoms with van der Waals surface area (Å²) in [5.74, 6) is 0. The average molecular weight is 594 g/mol. The van der Waals surface area contributed by atoms with Crippen LogP contribution in [0.4, 0.5) is 5.69 Å². The molecule has 4 nitrogen and oxygen atoms in total. The van der Waals surface area contributed by atoms with Crippen LogP contribution in [0.15, 0.2) is 108 Å². The van der Waals surface area contributed by atoms with Crippen molar-refractivity contribution in [2.45, 2.75) is 10.3 Å². The lowest BCUT2D eigenvalue weighted by Crippen LogP contribution is -2.28. The minimum Gasteiger partial charge on any atom is -0.357 e. The van der Waals surface area contributed by atoms with Crippen molar-refractivity contribution in [3.05, 3.63) is 125 Å². The highest BCUT2D eigenvalue weighted by molar-refractivity contribution is 8.00. The van der Waals surface area contributed by atoms with Crippen LogP contribution in [0.1, 0.15) is 31.7 Å². The quantitative estimate of drug-likeness (QED) is 0.151. The highest BCUT2D eigenvalue weighted by Crippen LogP contribution is 2.51. The third-order valence-corrected chi connectivity index (χ3v) is 10.2. The standard InChI is InChI=1S/C19H15NOS.C15H11ClNOS/c1-20-17-8-4-5-9-18(17)22-19(20)16-11-10-13(12-21)14-6-2-3-7-15(14)16;1-17-13-8-12(16)6-7-14(13)19-15(17)11-4-2-10(9-18)3-5-11/h2-12,19H,1H3;2-9H,1H3/q;+1. The molecule has 1 aromatic heterocycles. The zero-order valence-corrected chi connectivity index (χ0v) is 24.8. The van der Waals surface area contributed by atoms with Crippen molar-refractivity contribution in [3.63, 3.8) is 0 Å². The number of anilines is 1. The number of para-hydroxylation sites is 1. The molecular weight excluding hydrogens is 568 g/mol. The molecular formula is C34H26ClN2O2S2+. The Morgan fingerprint density at radius 3 is 2.29 bits per heavy atom. The summed E-state index contributed by atoms with van der Waals surface area (Å²) in [6.07, 6.45) is 1.79. The van der Waals surface area contributed by atoms with E-state index in [4.69, 9.17) is 11.6 Å². The average Bonchev–Trinajstić information content (AvgIpc) is 3.53. The molecule has 0 N–H and O–H groups in total. The van der Waals surface area contributed by atoms with E-state index < -0.39 is 0 Å². The molecule has 1 aliphatic rings. The van der Waals surface area contributed by atoms with Crippen LogP contribution in [0, 0.1) is 0 Å². The number of benzene rings is 5. The van der Waals surface area contributed by atoms with Crippen LogP contribution in [0.3, 0.4) is 0 Å². The van der Waals surface area contributed by atoms with E-state index in [-0.39, 0.29) is 5.37 Å². The zero-order chi connectivity index (χ0) is 28.5. The molecule has 0 aliphatic carbocycles. The maximum absolute atomic E-state index is 11.3. The number of halogens is 1. The van der Waals surface area contributed by atoms with Gasteiger partial charge in [0.1, 0.15) is 23.4 Å². The van der Waals surface area contributed by atoms with E-state index in [1.807, 2.05) is 85.5 Å². The smallest absolute Gasteiger partial charge is 0.269 e. The molecule has 0 saturated heterocycles. The van der Waals surface area contributed by atoms with E-state index in [9.17, 15) is 9.59 Å². The van der Waals surface area contributed by atoms with Gasteiger partial charge >= 0.3 is 0 Å². The lowest BCUT2D eigenvalue weighted by molar-refractivity contribution is -0.629. The summed E-state index contributed by atoms with van der Waals surface area (Å²) in [7, 11) is 4.16. The fraction of sp³-hybridized carbons (Fsp3) is 0.0882. The Labute approximate surface area is 251 Å². The lowest BCUT2D eigenvalue weighted by atomic mass is 9.99. The number of rotatable bonds is 4. The van der Waals surface area contributed by atoms with Crippen LogP contribution in [0.25, 0.3) is 31.6 Å². The Kier molecular flexibility index (Phi) is 7.63. The number of carbonyl (C=O) groups excluding carboxylic acids is 2. The van der Waals surface area contributed by atoms with Gasteiger partial charge in [-0.05, 0) is 52.7 Å². The molecule has 7 heteroatoms. The van der Waals surface area contributed by atoms with Crippen molar-refractivity contribution >= 4 is 73.9 Å². The topological polar surface area (TPSA) is 41.3 Å². The van der Waals surface area contributed by atoms with E-state index in [2.05, 4.69) is 52.9 Å². The first kappa shape index (κ1) is 27.2. The van der Waals surface area contributed by atoms with Crippen molar-refractivity contribution in [3.8, 4) is 10.6 Å². The number of hydrogen-bond acceptors (Lipinski definition) is 5. The Morgan fingerprint density at radius 2 is 1.56 bits per heavy atom. The summed E-state index contributed by atoms with van der Waals surface area (Å²) in [6, 6.07) is 34.2. The number of hydrogen-bond donors (Lipinski definition) is 0. The molecule has 202 valence electrons. The summed E-state index contributed by atoms with van der Waals surface area (Å²) in [5, 5.41) is 4.31. The monoisotopic (exact) mass is 593 g/mol. The van der Waals surface area contributed by atoms with Gasteiger partial charge < -0.3 is 4.90 Å². The summed E-state index contributed by atoms with van der Waals surface area (Å²) < 4.78 is 3.32. The minimum atomic E-state index is 0.239. The third kappa shape index (κ3) is 5.15. The van der Waals surface area contributed by atoms with Gasteiger partial charge in [-0.3, -0.25) is 9.59 Å². The largest absolute Gasteiger partial charge is 0.357 e. The van der Waals surface area contributed by atoms with E-state index in [0.717, 1.165) is 50.0 Å². The molecule has 0 saturated carbocycles. The molecule has 7 rings (SSSR count). The number of fused-ring (bicyclic) bond motifs is 3. The maximum Gasteiger partial charge on any atom is 0.269 e. The van der Waals surface area contributed by atoms with Gasteiger partial charge in [0.25, 0.3) is 5.01 Å². The van der Waals surface area contributed by atoms with E-state index in [0.29, 0.717) is 5.56 Å². The van der Waals surface area contributed by atoms with Crippen molar-refractivity contribution in [1.82, 2.24) is 0 Å². The molecule has 0 radical (unpaired) electrons. The maximum atomic E-state index is 11.3. The molecule has 5 aromatic carbocycles. The van der Waals surface area contributed by atoms with Crippen LogP contribution >= 0.6 is 34.7 Å². The van der Waals surface area contributed by atoms with E-state index in [1.54, 1.807) is 11.3 Å². The van der Waals surface area contributed by atoms with Gasteiger partial charge in [-0.2, -0.15) is 4.57 Å². The predicted octanol–water partition coefficient (Wildman–Crippen LogP) is 8.75. The SMILES string of the molecule is CN1c2ccccc2SC1c1ccc(C=O)c2ccccc12.C[n+]1c(-c2ccc(C=O)cc2)sc2ccc(Cl)cc21. The van der Waals surface area contributed by atoms with Gasteiger partial charge in [-0.25, -0.2) is 0 Å². The zero-order valence-electron chi connectivity index (χ0n) is 22.5. The first-order valence-corrected chi connectivity index (χ1v) is 15.1. The predicted molar refractivity (Wildman–Crippen MR) is 172 cm³/mol. The summed E-state index contributed by atoms with van der Waals surface area (Å²) in [4.78, 5) is 25.6. The lowest BCUT2D eigenvalue weighted by Gasteiger charge is -2.23. The molecule has 6 aromatic rings. The molecule has 0 bridgehead atoms. The van der Waals surface area contributed by atoms with Crippen LogP contribution < -0.4 is 9.47 Å². The van der Waals surface area contributed by atoms with Gasteiger partial charge in [0.2, 0.25) is 5.52 Å². The second kappa shape index (κ2) is 11.5. The van der Waals surface area contributed by atoms with Crippen molar-refractivity contribution in [1.29, 1.82) is 0 Å².